The number of aromatic nitrogens is 1. The van der Waals surface area contributed by atoms with E-state index in [-0.39, 0.29) is 40.1 Å². The Morgan fingerprint density at radius 3 is 2.59 bits per heavy atom. The number of ether oxygens (including phenoxy) is 1. The molecule has 1 aliphatic carbocycles. The smallest absolute Gasteiger partial charge is 0.341 e. The quantitative estimate of drug-likeness (QED) is 0.700. The molecule has 2 aliphatic rings. The van der Waals surface area contributed by atoms with Crippen LogP contribution in [-0.4, -0.2) is 67.2 Å². The summed E-state index contributed by atoms with van der Waals surface area (Å²) >= 11 is 0. The maximum atomic E-state index is 15.4. The van der Waals surface area contributed by atoms with Crippen LogP contribution in [0, 0.1) is 11.7 Å². The summed E-state index contributed by atoms with van der Waals surface area (Å²) in [6.45, 7) is 1.26. The van der Waals surface area contributed by atoms with Crippen LogP contribution >= 0.6 is 0 Å². The monoisotopic (exact) mass is 445 g/mol. The third kappa shape index (κ3) is 3.97. The Balaban J connectivity index is 1.86. The van der Waals surface area contributed by atoms with Crippen molar-refractivity contribution in [2.45, 2.75) is 31.7 Å². The van der Waals surface area contributed by atoms with E-state index in [1.807, 2.05) is 23.9 Å². The molecule has 1 aliphatic heterocycles. The number of carboxylic acid groups (broad SMARTS) is 1. The molecule has 1 aromatic carbocycles. The number of hydrogen-bond acceptors (Lipinski definition) is 6. The summed E-state index contributed by atoms with van der Waals surface area (Å²) in [5.74, 6) is -1.89. The molecular formula is C23H28FN3O5. The fraction of sp³-hybridized carbons (Fsp3) is 0.522. The first kappa shape index (κ1) is 22.3. The number of benzene rings is 1. The van der Waals surface area contributed by atoms with Gasteiger partial charge in [0.2, 0.25) is 5.43 Å². The number of aromatic carboxylic acids is 1. The Hall–Kier alpha value is -2.94. The number of carboxylic acids is 1. The first-order chi connectivity index (χ1) is 15.2. The van der Waals surface area contributed by atoms with Gasteiger partial charge in [0.15, 0.2) is 17.3 Å². The van der Waals surface area contributed by atoms with Crippen LogP contribution in [0.3, 0.4) is 0 Å². The van der Waals surface area contributed by atoms with Crippen LogP contribution in [0.4, 0.5) is 10.1 Å². The van der Waals surface area contributed by atoms with Crippen molar-refractivity contribution >= 4 is 28.3 Å². The zero-order valence-electron chi connectivity index (χ0n) is 18.6. The number of likely N-dealkylation sites (N-methyl/N-ethyl adjacent to an activating group) is 1. The zero-order chi connectivity index (χ0) is 23.2. The van der Waals surface area contributed by atoms with Gasteiger partial charge in [-0.3, -0.25) is 9.59 Å². The molecule has 0 spiro atoms. The Kier molecular flexibility index (Phi) is 5.94. The average Bonchev–Trinajstić information content (AvgIpc) is 3.58. The van der Waals surface area contributed by atoms with Gasteiger partial charge in [-0.15, -0.1) is 0 Å². The van der Waals surface area contributed by atoms with Gasteiger partial charge < -0.3 is 24.2 Å². The second-order valence-electron chi connectivity index (χ2n) is 8.94. The van der Waals surface area contributed by atoms with E-state index in [9.17, 15) is 19.5 Å². The van der Waals surface area contributed by atoms with E-state index in [1.54, 1.807) is 4.57 Å². The summed E-state index contributed by atoms with van der Waals surface area (Å²) in [6, 6.07) is 1.16. The normalized spacial score (nSPS) is 18.9. The highest BCUT2D eigenvalue weighted by Crippen LogP contribution is 2.44. The number of pyridine rings is 1. The fourth-order valence-electron chi connectivity index (χ4n) is 4.61. The number of ketones is 1. The first-order valence-electron chi connectivity index (χ1n) is 10.8. The van der Waals surface area contributed by atoms with Gasteiger partial charge in [0, 0.05) is 31.2 Å². The lowest BCUT2D eigenvalue weighted by Crippen LogP contribution is -2.41. The molecule has 1 atom stereocenters. The second-order valence-corrected chi connectivity index (χ2v) is 8.94. The Morgan fingerprint density at radius 2 is 2.00 bits per heavy atom. The Bertz CT molecular complexity index is 1140. The van der Waals surface area contributed by atoms with Gasteiger partial charge in [-0.05, 0) is 45.8 Å². The van der Waals surface area contributed by atoms with Crippen molar-refractivity contribution in [2.75, 3.05) is 45.7 Å². The molecule has 2 aromatic rings. The number of anilines is 1. The van der Waals surface area contributed by atoms with Crippen molar-refractivity contribution in [3.63, 3.8) is 0 Å². The minimum atomic E-state index is -1.34. The molecule has 2 heterocycles. The summed E-state index contributed by atoms with van der Waals surface area (Å²) < 4.78 is 22.8. The number of nitrogens with zero attached hydrogens (tertiary/aromatic N) is 3. The molecule has 2 fully saturated rings. The van der Waals surface area contributed by atoms with E-state index < -0.39 is 17.2 Å². The summed E-state index contributed by atoms with van der Waals surface area (Å²) in [5.41, 5.74) is -0.487. The lowest BCUT2D eigenvalue weighted by Gasteiger charge is -2.35. The molecule has 1 N–H and O–H groups in total. The zero-order valence-corrected chi connectivity index (χ0v) is 18.6. The number of hydrogen-bond donors (Lipinski definition) is 1. The van der Waals surface area contributed by atoms with Crippen LogP contribution in [-0.2, 0) is 4.79 Å². The fourth-order valence-corrected chi connectivity index (χ4v) is 4.61. The molecule has 9 heteroatoms. The number of rotatable bonds is 7. The number of fused-ring (bicyclic) bond motifs is 1. The maximum absolute atomic E-state index is 15.4. The third-order valence-electron chi connectivity index (χ3n) is 6.24. The van der Waals surface area contributed by atoms with Crippen molar-refractivity contribution in [3.8, 4) is 5.75 Å². The second kappa shape index (κ2) is 8.54. The van der Waals surface area contributed by atoms with Crippen LogP contribution < -0.4 is 15.1 Å². The molecule has 172 valence electrons. The number of methoxy groups -OCH3 is 1. The average molecular weight is 445 g/mol. The summed E-state index contributed by atoms with van der Waals surface area (Å²) in [4.78, 5) is 40.7. The van der Waals surface area contributed by atoms with Crippen molar-refractivity contribution in [2.24, 2.45) is 5.92 Å². The van der Waals surface area contributed by atoms with Crippen LogP contribution in [0.25, 0.3) is 10.9 Å². The van der Waals surface area contributed by atoms with Gasteiger partial charge in [-0.25, -0.2) is 9.18 Å². The van der Waals surface area contributed by atoms with Crippen LogP contribution in [0.15, 0.2) is 17.1 Å². The van der Waals surface area contributed by atoms with E-state index >= 15 is 4.39 Å². The van der Waals surface area contributed by atoms with Crippen LogP contribution in [0.1, 0.15) is 42.1 Å². The summed E-state index contributed by atoms with van der Waals surface area (Å²) in [5, 5.41) is 9.46. The van der Waals surface area contributed by atoms with E-state index in [0.717, 1.165) is 31.7 Å². The van der Waals surface area contributed by atoms with Gasteiger partial charge >= 0.3 is 5.97 Å². The van der Waals surface area contributed by atoms with E-state index in [2.05, 4.69) is 0 Å². The lowest BCUT2D eigenvalue weighted by atomic mass is 9.92. The molecule has 32 heavy (non-hydrogen) atoms. The molecule has 1 unspecified atom stereocenters. The predicted molar refractivity (Wildman–Crippen MR) is 118 cm³/mol. The topological polar surface area (TPSA) is 92.1 Å². The van der Waals surface area contributed by atoms with Crippen molar-refractivity contribution in [1.29, 1.82) is 0 Å². The van der Waals surface area contributed by atoms with Gasteiger partial charge in [0.1, 0.15) is 11.3 Å². The molecule has 8 nitrogen and oxygen atoms in total. The van der Waals surface area contributed by atoms with Crippen molar-refractivity contribution in [3.05, 3.63) is 33.9 Å². The van der Waals surface area contributed by atoms with E-state index in [4.69, 9.17) is 4.74 Å². The highest BCUT2D eigenvalue weighted by Gasteiger charge is 2.33. The molecule has 4 rings (SSSR count). The first-order valence-corrected chi connectivity index (χ1v) is 10.8. The predicted octanol–water partition coefficient (Wildman–Crippen LogP) is 2.53. The molecule has 1 saturated carbocycles. The standard InChI is InChI=1S/C23H28FN3O5/c1-25(2)12-18(28)13-5-4-8-26(10-13)20-17(24)9-15-19(22(20)32-3)27(14-6-7-14)11-16(21(15)29)23(30)31/h9,11,13-14H,4-8,10,12H2,1-3H3,(H,30,31). The van der Waals surface area contributed by atoms with Crippen molar-refractivity contribution in [1.82, 2.24) is 9.47 Å². The Labute approximate surface area is 185 Å². The highest BCUT2D eigenvalue weighted by atomic mass is 19.1. The van der Waals surface area contributed by atoms with E-state index in [1.165, 1.54) is 13.3 Å². The molecule has 1 saturated heterocycles. The number of carbonyl (C=O) groups excluding carboxylic acids is 1. The minimum absolute atomic E-state index is 0.00727. The van der Waals surface area contributed by atoms with E-state index in [0.29, 0.717) is 25.2 Å². The maximum Gasteiger partial charge on any atom is 0.341 e. The van der Waals surface area contributed by atoms with Crippen LogP contribution in [0.5, 0.6) is 5.75 Å². The number of Topliss-reactive ketones (excluding diaryl/α,β-unsaturated/α-hetero) is 1. The SMILES string of the molecule is COc1c(N2CCCC(C(=O)CN(C)C)C2)c(F)cc2c(=O)c(C(=O)O)cn(C3CC3)c12. The lowest BCUT2D eigenvalue weighted by molar-refractivity contribution is -0.123. The minimum Gasteiger partial charge on any atom is -0.492 e. The number of carbonyl (C=O) groups is 2. The third-order valence-corrected chi connectivity index (χ3v) is 6.24. The molecule has 0 radical (unpaired) electrons. The highest BCUT2D eigenvalue weighted by molar-refractivity contribution is 5.97. The number of halogens is 1. The largest absolute Gasteiger partial charge is 0.492 e. The van der Waals surface area contributed by atoms with Crippen LogP contribution in [0.2, 0.25) is 0 Å². The van der Waals surface area contributed by atoms with Gasteiger partial charge in [0.05, 0.1) is 24.6 Å². The molecule has 0 bridgehead atoms. The van der Waals surface area contributed by atoms with Gasteiger partial charge in [-0.1, -0.05) is 0 Å². The molecular weight excluding hydrogens is 417 g/mol. The summed E-state index contributed by atoms with van der Waals surface area (Å²) in [7, 11) is 5.10. The number of piperidine rings is 1. The summed E-state index contributed by atoms with van der Waals surface area (Å²) in [6.07, 6.45) is 4.51. The molecule has 0 amide bonds. The van der Waals surface area contributed by atoms with Gasteiger partial charge in [0.25, 0.3) is 0 Å². The Morgan fingerprint density at radius 1 is 1.28 bits per heavy atom. The molecule has 1 aromatic heterocycles. The van der Waals surface area contributed by atoms with Gasteiger partial charge in [-0.2, -0.15) is 0 Å². The van der Waals surface area contributed by atoms with Crippen molar-refractivity contribution < 1.29 is 23.8 Å².